The molecular weight excluding hydrogens is 456 g/mol. The van der Waals surface area contributed by atoms with E-state index in [2.05, 4.69) is 27.5 Å². The van der Waals surface area contributed by atoms with Gasteiger partial charge in [-0.05, 0) is 42.9 Å². The molecule has 0 radical (unpaired) electrons. The van der Waals surface area contributed by atoms with Gasteiger partial charge < -0.3 is 16.4 Å². The summed E-state index contributed by atoms with van der Waals surface area (Å²) < 4.78 is 26.1. The summed E-state index contributed by atoms with van der Waals surface area (Å²) in [5.41, 5.74) is 7.55. The maximum Gasteiger partial charge on any atom is 0.243 e. The highest BCUT2D eigenvalue weighted by Gasteiger charge is 2.23. The van der Waals surface area contributed by atoms with E-state index in [0.717, 1.165) is 53.4 Å². The first-order valence-electron chi connectivity index (χ1n) is 10.0. The van der Waals surface area contributed by atoms with Crippen molar-refractivity contribution in [2.24, 2.45) is 5.92 Å². The maximum atomic E-state index is 13.2. The Morgan fingerprint density at radius 1 is 1.25 bits per heavy atom. The Kier molecular flexibility index (Phi) is 6.56. The first-order valence-corrected chi connectivity index (χ1v) is 11.8. The highest BCUT2D eigenvalue weighted by Crippen LogP contribution is 2.39. The Morgan fingerprint density at radius 3 is 2.84 bits per heavy atom. The Hall–Kier alpha value is -2.79. The lowest BCUT2D eigenvalue weighted by Gasteiger charge is -2.17. The van der Waals surface area contributed by atoms with Gasteiger partial charge in [-0.1, -0.05) is 18.7 Å². The van der Waals surface area contributed by atoms with Crippen LogP contribution in [-0.2, 0) is 22.4 Å². The fourth-order valence-electron chi connectivity index (χ4n) is 3.55. The summed E-state index contributed by atoms with van der Waals surface area (Å²) in [6.45, 7) is 1.93. The molecule has 0 spiro atoms. The quantitative estimate of drug-likeness (QED) is 0.370. The number of thioether (sulfide) groups is 1. The van der Waals surface area contributed by atoms with Crippen molar-refractivity contribution in [1.29, 1.82) is 0 Å². The monoisotopic (exact) mass is 477 g/mol. The summed E-state index contributed by atoms with van der Waals surface area (Å²) >= 11 is 2.77. The van der Waals surface area contributed by atoms with Crippen LogP contribution >= 0.6 is 23.1 Å². The molecule has 2 heterocycles. The minimum absolute atomic E-state index is 0.00548. The first-order chi connectivity index (χ1) is 15.3. The fraction of sp³-hybridized carbons (Fsp3) is 0.333. The van der Waals surface area contributed by atoms with Gasteiger partial charge in [-0.25, -0.2) is 18.7 Å². The van der Waals surface area contributed by atoms with E-state index in [9.17, 15) is 18.4 Å². The molecule has 3 aromatic rings. The van der Waals surface area contributed by atoms with Crippen LogP contribution in [0.5, 0.6) is 0 Å². The van der Waals surface area contributed by atoms with Gasteiger partial charge in [0.15, 0.2) is 16.8 Å². The second kappa shape index (κ2) is 9.37. The molecule has 1 aromatic carbocycles. The third-order valence-electron chi connectivity index (χ3n) is 5.14. The van der Waals surface area contributed by atoms with E-state index in [4.69, 9.17) is 5.73 Å². The number of nitrogen functional groups attached to an aromatic ring is 1. The smallest absolute Gasteiger partial charge is 0.243 e. The number of hydrogen-bond donors (Lipinski definition) is 3. The number of anilines is 2. The Balaban J connectivity index is 1.31. The molecule has 0 aliphatic heterocycles. The van der Waals surface area contributed by atoms with Gasteiger partial charge >= 0.3 is 0 Å². The van der Waals surface area contributed by atoms with E-state index in [1.807, 2.05) is 0 Å². The number of carbonyl (C=O) groups is 2. The van der Waals surface area contributed by atoms with Crippen LogP contribution in [0.4, 0.5) is 20.3 Å². The van der Waals surface area contributed by atoms with Crippen molar-refractivity contribution in [1.82, 2.24) is 15.3 Å². The average Bonchev–Trinajstić information content (AvgIpc) is 3.11. The Bertz CT molecular complexity index is 1200. The lowest BCUT2D eigenvalue weighted by atomic mass is 9.89. The molecule has 4 rings (SSSR count). The van der Waals surface area contributed by atoms with Crippen molar-refractivity contribution in [3.63, 3.8) is 0 Å². The maximum absolute atomic E-state index is 13.2. The Morgan fingerprint density at radius 2 is 2.06 bits per heavy atom. The van der Waals surface area contributed by atoms with Crippen LogP contribution in [0.1, 0.15) is 23.8 Å². The molecule has 2 amide bonds. The van der Waals surface area contributed by atoms with Gasteiger partial charge in [0.1, 0.15) is 10.6 Å². The topological polar surface area (TPSA) is 110 Å². The van der Waals surface area contributed by atoms with Crippen molar-refractivity contribution in [2.75, 3.05) is 23.3 Å². The molecule has 11 heteroatoms. The molecule has 0 bridgehead atoms. The van der Waals surface area contributed by atoms with E-state index < -0.39 is 23.4 Å². The summed E-state index contributed by atoms with van der Waals surface area (Å²) in [5, 5.41) is 6.19. The summed E-state index contributed by atoms with van der Waals surface area (Å²) in [5.74, 6) is -1.96. The van der Waals surface area contributed by atoms with Gasteiger partial charge in [0.25, 0.3) is 0 Å². The molecule has 32 heavy (non-hydrogen) atoms. The van der Waals surface area contributed by atoms with Crippen LogP contribution in [-0.4, -0.2) is 34.1 Å². The highest BCUT2D eigenvalue weighted by molar-refractivity contribution is 7.99. The number of hydrogen-bond acceptors (Lipinski definition) is 7. The van der Waals surface area contributed by atoms with E-state index in [1.165, 1.54) is 16.5 Å². The zero-order valence-corrected chi connectivity index (χ0v) is 18.8. The second-order valence-corrected chi connectivity index (χ2v) is 9.69. The molecule has 1 unspecified atom stereocenters. The number of halogens is 2. The van der Waals surface area contributed by atoms with Crippen LogP contribution in [0.15, 0.2) is 23.4 Å². The molecule has 0 saturated heterocycles. The van der Waals surface area contributed by atoms with Gasteiger partial charge in [0, 0.05) is 16.6 Å². The van der Waals surface area contributed by atoms with Crippen molar-refractivity contribution < 1.29 is 18.4 Å². The number of carbonyl (C=O) groups excluding carboxylic acids is 2. The van der Waals surface area contributed by atoms with Crippen molar-refractivity contribution in [2.45, 2.75) is 31.3 Å². The third-order valence-corrected chi connectivity index (χ3v) is 7.14. The predicted molar refractivity (Wildman–Crippen MR) is 122 cm³/mol. The zero-order chi connectivity index (χ0) is 22.8. The zero-order valence-electron chi connectivity index (χ0n) is 17.2. The van der Waals surface area contributed by atoms with Crippen LogP contribution in [0.3, 0.4) is 0 Å². The fourth-order valence-corrected chi connectivity index (χ4v) is 5.68. The SMILES string of the molecule is CC1CCc2c(sc3nc(SCC(=O)NCC(=O)Nc4ccc(F)c(F)c4)nc(N)c23)C1. The van der Waals surface area contributed by atoms with Crippen LogP contribution in [0, 0.1) is 17.6 Å². The number of benzene rings is 1. The molecule has 4 N–H and O–H groups in total. The summed E-state index contributed by atoms with van der Waals surface area (Å²) in [6, 6.07) is 3.01. The molecule has 2 aromatic heterocycles. The predicted octanol–water partition coefficient (Wildman–Crippen LogP) is 3.52. The molecule has 168 valence electrons. The van der Waals surface area contributed by atoms with E-state index in [1.54, 1.807) is 11.3 Å². The largest absolute Gasteiger partial charge is 0.383 e. The lowest BCUT2D eigenvalue weighted by Crippen LogP contribution is -2.33. The molecule has 0 fully saturated rings. The minimum Gasteiger partial charge on any atom is -0.383 e. The van der Waals surface area contributed by atoms with E-state index in [-0.39, 0.29) is 18.0 Å². The average molecular weight is 478 g/mol. The molecule has 1 aliphatic rings. The summed E-state index contributed by atoms with van der Waals surface area (Å²) in [7, 11) is 0. The van der Waals surface area contributed by atoms with Gasteiger partial charge in [0.2, 0.25) is 11.8 Å². The lowest BCUT2D eigenvalue weighted by molar-refractivity contribution is -0.122. The van der Waals surface area contributed by atoms with Gasteiger partial charge in [0.05, 0.1) is 17.7 Å². The number of nitrogens with zero attached hydrogens (tertiary/aromatic N) is 2. The number of thiophene rings is 1. The Labute approximate surface area is 191 Å². The van der Waals surface area contributed by atoms with Gasteiger partial charge in [-0.15, -0.1) is 11.3 Å². The molecule has 1 atom stereocenters. The third kappa shape index (κ3) is 4.99. The normalized spacial score (nSPS) is 15.4. The number of amides is 2. The van der Waals surface area contributed by atoms with Crippen molar-refractivity contribution >= 4 is 56.6 Å². The number of rotatable bonds is 6. The van der Waals surface area contributed by atoms with Crippen LogP contribution in [0.25, 0.3) is 10.2 Å². The van der Waals surface area contributed by atoms with E-state index >= 15 is 0 Å². The van der Waals surface area contributed by atoms with Crippen LogP contribution in [0.2, 0.25) is 0 Å². The number of aromatic nitrogens is 2. The number of nitrogens with two attached hydrogens (primary N) is 1. The van der Waals surface area contributed by atoms with Gasteiger partial charge in [-0.3, -0.25) is 9.59 Å². The first kappa shape index (κ1) is 22.4. The summed E-state index contributed by atoms with van der Waals surface area (Å²) in [6.07, 6.45) is 3.12. The minimum atomic E-state index is -1.07. The highest BCUT2D eigenvalue weighted by atomic mass is 32.2. The molecule has 1 aliphatic carbocycles. The number of fused-ring (bicyclic) bond motifs is 3. The number of aryl methyl sites for hydroxylation is 1. The van der Waals surface area contributed by atoms with Crippen molar-refractivity contribution in [3.8, 4) is 0 Å². The molecule has 7 nitrogen and oxygen atoms in total. The number of nitrogens with one attached hydrogen (secondary N) is 2. The van der Waals surface area contributed by atoms with Crippen molar-refractivity contribution in [3.05, 3.63) is 40.3 Å². The molecular formula is C21H21F2N5O2S2. The standard InChI is InChI=1S/C21H21F2N5O2S2/c1-10-2-4-12-15(6-10)32-20-18(12)19(24)27-21(28-20)31-9-17(30)25-8-16(29)26-11-3-5-13(22)14(23)7-11/h3,5,7,10H,2,4,6,8-9H2,1H3,(H,25,30)(H,26,29)(H2,24,27,28). The second-order valence-electron chi connectivity index (χ2n) is 7.67. The molecule has 0 saturated carbocycles. The summed E-state index contributed by atoms with van der Waals surface area (Å²) in [4.78, 5) is 35.1. The van der Waals surface area contributed by atoms with Crippen LogP contribution < -0.4 is 16.4 Å². The van der Waals surface area contributed by atoms with Gasteiger partial charge in [-0.2, -0.15) is 0 Å². The van der Waals surface area contributed by atoms with E-state index in [0.29, 0.717) is 16.9 Å².